The Balaban J connectivity index is 1.54. The van der Waals surface area contributed by atoms with Gasteiger partial charge < -0.3 is 9.47 Å². The van der Waals surface area contributed by atoms with Crippen molar-refractivity contribution in [2.45, 2.75) is 6.92 Å². The van der Waals surface area contributed by atoms with E-state index in [0.29, 0.717) is 35.4 Å². The second-order valence-electron chi connectivity index (χ2n) is 7.24. The molecular formula is C24H18BrN3O3S. The summed E-state index contributed by atoms with van der Waals surface area (Å²) in [5, 5.41) is 6.36. The van der Waals surface area contributed by atoms with Gasteiger partial charge in [-0.05, 0) is 60.5 Å². The third-order valence-corrected chi connectivity index (χ3v) is 6.41. The van der Waals surface area contributed by atoms with E-state index in [4.69, 9.17) is 9.47 Å². The first-order valence-corrected chi connectivity index (χ1v) is 11.6. The zero-order valence-corrected chi connectivity index (χ0v) is 19.5. The summed E-state index contributed by atoms with van der Waals surface area (Å²) in [5.74, 6) is 0.887. The van der Waals surface area contributed by atoms with Crippen molar-refractivity contribution < 1.29 is 14.3 Å². The Morgan fingerprint density at radius 3 is 2.66 bits per heavy atom. The van der Waals surface area contributed by atoms with Crippen molar-refractivity contribution >= 4 is 54.7 Å². The first-order chi connectivity index (χ1) is 15.6. The van der Waals surface area contributed by atoms with E-state index in [0.717, 1.165) is 25.8 Å². The number of rotatable bonds is 4. The quantitative estimate of drug-likeness (QED) is 0.258. The highest BCUT2D eigenvalue weighted by atomic mass is 79.9. The Labute approximate surface area is 197 Å². The monoisotopic (exact) mass is 507 g/mol. The minimum absolute atomic E-state index is 0.300. The molecule has 4 aromatic rings. The van der Waals surface area contributed by atoms with E-state index in [1.807, 2.05) is 43.3 Å². The molecule has 0 atom stereocenters. The van der Waals surface area contributed by atoms with Gasteiger partial charge in [-0.15, -0.1) is 0 Å². The molecule has 0 fully saturated rings. The molecule has 0 saturated heterocycles. The van der Waals surface area contributed by atoms with Crippen LogP contribution in [-0.2, 0) is 0 Å². The molecule has 3 aromatic carbocycles. The summed E-state index contributed by atoms with van der Waals surface area (Å²) in [5.41, 5.74) is 3.27. The van der Waals surface area contributed by atoms with E-state index in [1.54, 1.807) is 24.4 Å². The number of nitrogens with zero attached hydrogens (tertiary/aromatic N) is 3. The first kappa shape index (κ1) is 20.7. The molecule has 0 saturated carbocycles. The second kappa shape index (κ2) is 8.72. The average molecular weight is 508 g/mol. The van der Waals surface area contributed by atoms with Crippen molar-refractivity contribution in [3.8, 4) is 11.5 Å². The van der Waals surface area contributed by atoms with Gasteiger partial charge in [-0.2, -0.15) is 10.1 Å². The third-order valence-electron chi connectivity index (χ3n) is 4.89. The summed E-state index contributed by atoms with van der Waals surface area (Å²) in [6.07, 6.45) is 1.65. The fraction of sp³-hybridized carbons (Fsp3) is 0.125. The van der Waals surface area contributed by atoms with Crippen LogP contribution in [0.4, 0.5) is 5.13 Å². The summed E-state index contributed by atoms with van der Waals surface area (Å²) < 4.78 is 13.2. The van der Waals surface area contributed by atoms with Crippen LogP contribution in [0.3, 0.4) is 0 Å². The van der Waals surface area contributed by atoms with Crippen molar-refractivity contribution in [1.29, 1.82) is 0 Å². The van der Waals surface area contributed by atoms with E-state index < -0.39 is 0 Å². The lowest BCUT2D eigenvalue weighted by Gasteiger charge is -2.20. The molecule has 8 heteroatoms. The molecule has 0 radical (unpaired) electrons. The Hall–Kier alpha value is -3.23. The van der Waals surface area contributed by atoms with E-state index in [-0.39, 0.29) is 5.91 Å². The number of ether oxygens (including phenoxy) is 2. The second-order valence-corrected chi connectivity index (χ2v) is 9.16. The van der Waals surface area contributed by atoms with Gasteiger partial charge in [0.25, 0.3) is 5.91 Å². The van der Waals surface area contributed by atoms with Crippen molar-refractivity contribution in [1.82, 2.24) is 4.98 Å². The molecule has 6 nitrogen and oxygen atoms in total. The fourth-order valence-electron chi connectivity index (χ4n) is 3.27. The van der Waals surface area contributed by atoms with Crippen LogP contribution in [0.5, 0.6) is 11.5 Å². The van der Waals surface area contributed by atoms with E-state index >= 15 is 0 Å². The molecule has 0 unspecified atom stereocenters. The fourth-order valence-corrected chi connectivity index (χ4v) is 4.56. The predicted molar refractivity (Wildman–Crippen MR) is 130 cm³/mol. The number of carbonyl (C=O) groups is 1. The van der Waals surface area contributed by atoms with Crippen LogP contribution in [-0.4, -0.2) is 30.3 Å². The van der Waals surface area contributed by atoms with Gasteiger partial charge in [0.05, 0.1) is 16.4 Å². The summed E-state index contributed by atoms with van der Waals surface area (Å²) >= 11 is 4.86. The molecule has 1 amide bonds. The third kappa shape index (κ3) is 4.24. The zero-order valence-electron chi connectivity index (χ0n) is 17.1. The number of amides is 1. The Morgan fingerprint density at radius 2 is 1.84 bits per heavy atom. The van der Waals surface area contributed by atoms with Crippen molar-refractivity contribution in [2.24, 2.45) is 5.10 Å². The molecule has 0 spiro atoms. The van der Waals surface area contributed by atoms with Crippen molar-refractivity contribution in [3.63, 3.8) is 0 Å². The lowest BCUT2D eigenvalue weighted by Crippen LogP contribution is -2.26. The summed E-state index contributed by atoms with van der Waals surface area (Å²) in [6.45, 7) is 2.98. The van der Waals surface area contributed by atoms with Crippen LogP contribution in [0.25, 0.3) is 10.2 Å². The highest BCUT2D eigenvalue weighted by Gasteiger charge is 2.23. The standard InChI is InChI=1S/C24H18BrN3O3S/c1-15-2-8-19-22(12-15)32-24(27-19)28(26-14-16-3-6-18(25)7-4-16)23(29)17-5-9-20-21(13-17)31-11-10-30-20/h2-9,12-14H,10-11H2,1H3/b26-14+. The number of hydrazone groups is 1. The molecule has 1 aliphatic rings. The smallest absolute Gasteiger partial charge is 0.280 e. The van der Waals surface area contributed by atoms with Crippen molar-refractivity contribution in [2.75, 3.05) is 18.2 Å². The van der Waals surface area contributed by atoms with Gasteiger partial charge in [-0.25, -0.2) is 4.98 Å². The van der Waals surface area contributed by atoms with Gasteiger partial charge in [0, 0.05) is 10.0 Å². The Kier molecular flexibility index (Phi) is 5.63. The SMILES string of the molecule is Cc1ccc2nc(N(/N=C/c3ccc(Br)cc3)C(=O)c3ccc4c(c3)OCCO4)sc2c1. The lowest BCUT2D eigenvalue weighted by molar-refractivity contribution is 0.0986. The number of anilines is 1. The highest BCUT2D eigenvalue weighted by Crippen LogP contribution is 2.34. The Bertz CT molecular complexity index is 1330. The van der Waals surface area contributed by atoms with Crippen LogP contribution in [0.2, 0.25) is 0 Å². The molecule has 2 heterocycles. The minimum Gasteiger partial charge on any atom is -0.486 e. The van der Waals surface area contributed by atoms with Crippen LogP contribution in [0.15, 0.2) is 70.2 Å². The average Bonchev–Trinajstić information content (AvgIpc) is 3.22. The molecule has 1 aromatic heterocycles. The van der Waals surface area contributed by atoms with Gasteiger partial charge in [-0.3, -0.25) is 4.79 Å². The van der Waals surface area contributed by atoms with E-state index in [1.165, 1.54) is 16.3 Å². The minimum atomic E-state index is -0.300. The number of thiazole rings is 1. The Morgan fingerprint density at radius 1 is 1.06 bits per heavy atom. The normalized spacial score (nSPS) is 12.9. The number of benzene rings is 3. The first-order valence-electron chi connectivity index (χ1n) is 9.98. The maximum atomic E-state index is 13.5. The molecule has 0 bridgehead atoms. The number of aromatic nitrogens is 1. The molecule has 1 aliphatic heterocycles. The number of hydrogen-bond acceptors (Lipinski definition) is 6. The van der Waals surface area contributed by atoms with E-state index in [2.05, 4.69) is 32.1 Å². The van der Waals surface area contributed by atoms with Crippen LogP contribution in [0.1, 0.15) is 21.5 Å². The van der Waals surface area contributed by atoms with Gasteiger partial charge in [-0.1, -0.05) is 45.5 Å². The number of carbonyl (C=O) groups excluding carboxylic acids is 1. The predicted octanol–water partition coefficient (Wildman–Crippen LogP) is 5.82. The maximum absolute atomic E-state index is 13.5. The number of hydrogen-bond donors (Lipinski definition) is 0. The van der Waals surface area contributed by atoms with Gasteiger partial charge in [0.1, 0.15) is 13.2 Å². The van der Waals surface area contributed by atoms with Gasteiger partial charge in [0.2, 0.25) is 5.13 Å². The van der Waals surface area contributed by atoms with E-state index in [9.17, 15) is 4.79 Å². The summed E-state index contributed by atoms with van der Waals surface area (Å²) in [6, 6.07) is 18.9. The van der Waals surface area contributed by atoms with Crippen LogP contribution < -0.4 is 14.5 Å². The molecule has 160 valence electrons. The topological polar surface area (TPSA) is 64.0 Å². The van der Waals surface area contributed by atoms with Crippen LogP contribution >= 0.6 is 27.3 Å². The molecular weight excluding hydrogens is 490 g/mol. The molecule has 0 N–H and O–H groups in total. The van der Waals surface area contributed by atoms with Gasteiger partial charge >= 0.3 is 0 Å². The molecule has 5 rings (SSSR count). The van der Waals surface area contributed by atoms with Crippen LogP contribution in [0, 0.1) is 6.92 Å². The number of aryl methyl sites for hydroxylation is 1. The highest BCUT2D eigenvalue weighted by molar-refractivity contribution is 9.10. The zero-order chi connectivity index (χ0) is 22.1. The summed E-state index contributed by atoms with van der Waals surface area (Å²) in [4.78, 5) is 18.2. The molecule has 0 aliphatic carbocycles. The van der Waals surface area contributed by atoms with Gasteiger partial charge in [0.15, 0.2) is 11.5 Å². The maximum Gasteiger partial charge on any atom is 0.280 e. The largest absolute Gasteiger partial charge is 0.486 e. The number of halogens is 1. The number of fused-ring (bicyclic) bond motifs is 2. The molecule has 32 heavy (non-hydrogen) atoms. The lowest BCUT2D eigenvalue weighted by atomic mass is 10.2. The summed E-state index contributed by atoms with van der Waals surface area (Å²) in [7, 11) is 0. The van der Waals surface area contributed by atoms with Crippen molar-refractivity contribution in [3.05, 3.63) is 81.8 Å².